The number of nitrogens with zero attached hydrogens (tertiary/aromatic N) is 7. The second-order valence-corrected chi connectivity index (χ2v) is 11.2. The number of pyridine rings is 1. The number of aromatic carboxylic acids is 1. The fraction of sp³-hybridized carbons (Fsp3) is 0.303. The molecule has 0 unspecified atom stereocenters. The van der Waals surface area contributed by atoms with Crippen LogP contribution in [0, 0.1) is 17.2 Å². The summed E-state index contributed by atoms with van der Waals surface area (Å²) in [6.07, 6.45) is 5.63. The van der Waals surface area contributed by atoms with E-state index in [0.29, 0.717) is 35.8 Å². The first-order valence-electron chi connectivity index (χ1n) is 15.0. The number of benzene rings is 2. The number of carboxylic acids is 1. The highest BCUT2D eigenvalue weighted by Crippen LogP contribution is 2.31. The number of hydrogen-bond acceptors (Lipinski definition) is 10. The lowest BCUT2D eigenvalue weighted by Gasteiger charge is -2.35. The molecule has 1 saturated heterocycles. The fourth-order valence-electron chi connectivity index (χ4n) is 5.81. The van der Waals surface area contributed by atoms with Crippen molar-refractivity contribution in [2.45, 2.75) is 45.1 Å². The number of carboxylic acid groups (broad SMARTS) is 1. The van der Waals surface area contributed by atoms with Crippen LogP contribution in [0.15, 0.2) is 71.2 Å². The van der Waals surface area contributed by atoms with Crippen LogP contribution in [0.2, 0.25) is 0 Å². The summed E-state index contributed by atoms with van der Waals surface area (Å²) in [6.45, 7) is 3.30. The number of nitrogens with one attached hydrogen (secondary N) is 1. The van der Waals surface area contributed by atoms with Crippen molar-refractivity contribution in [3.63, 3.8) is 0 Å². The number of rotatable bonds is 10. The van der Waals surface area contributed by atoms with Crippen molar-refractivity contribution in [3.05, 3.63) is 77.9 Å². The number of nitriles is 1. The molecule has 2 aromatic carbocycles. The molecule has 13 heteroatoms. The van der Waals surface area contributed by atoms with Crippen LogP contribution in [0.5, 0.6) is 5.75 Å². The minimum atomic E-state index is -1.27. The lowest BCUT2D eigenvalue weighted by molar-refractivity contribution is -0.149. The molecule has 1 fully saturated rings. The molecular weight excluding hydrogens is 588 g/mol. The molecule has 0 aliphatic carbocycles. The number of ether oxygens (including phenoxy) is 1. The second kappa shape index (κ2) is 13.1. The van der Waals surface area contributed by atoms with Crippen LogP contribution in [0.25, 0.3) is 22.1 Å². The van der Waals surface area contributed by atoms with E-state index < -0.39 is 18.0 Å². The molecule has 1 atom stereocenters. The summed E-state index contributed by atoms with van der Waals surface area (Å²) in [5.41, 5.74) is 3.63. The van der Waals surface area contributed by atoms with Crippen LogP contribution >= 0.6 is 0 Å². The normalized spacial score (nSPS) is 14.6. The Balaban J connectivity index is 1.18. The SMILES string of the molecule is C[C@@H](OC(=O)CCc1ccccc1N=Nc1ccc(O)c(C(=O)O)c1)c1nc2cnc3[nH]ccc3c2n1N1CCC(CC#N)CC1. The van der Waals surface area contributed by atoms with Gasteiger partial charge in [-0.15, -0.1) is 0 Å². The number of imidazole rings is 1. The van der Waals surface area contributed by atoms with Crippen molar-refractivity contribution in [1.29, 1.82) is 5.26 Å². The molecule has 0 spiro atoms. The van der Waals surface area contributed by atoms with Gasteiger partial charge in [-0.05, 0) is 68.0 Å². The molecule has 234 valence electrons. The molecule has 6 rings (SSSR count). The number of aromatic hydroxyl groups is 1. The number of hydrogen-bond donors (Lipinski definition) is 3. The van der Waals surface area contributed by atoms with Gasteiger partial charge < -0.3 is 24.9 Å². The average Bonchev–Trinajstić information content (AvgIpc) is 3.69. The maximum atomic E-state index is 13.2. The van der Waals surface area contributed by atoms with Gasteiger partial charge in [0.25, 0.3) is 0 Å². The Morgan fingerprint density at radius 1 is 1.17 bits per heavy atom. The number of aryl methyl sites for hydroxylation is 1. The monoisotopic (exact) mass is 620 g/mol. The van der Waals surface area contributed by atoms with Gasteiger partial charge in [0.1, 0.15) is 28.0 Å². The quantitative estimate of drug-likeness (QED) is 0.120. The zero-order valence-corrected chi connectivity index (χ0v) is 25.1. The largest absolute Gasteiger partial charge is 0.507 e. The molecule has 1 aliphatic rings. The van der Waals surface area contributed by atoms with E-state index in [9.17, 15) is 25.1 Å². The number of piperidine rings is 1. The minimum Gasteiger partial charge on any atom is -0.507 e. The van der Waals surface area contributed by atoms with Crippen molar-refractivity contribution in [2.24, 2.45) is 16.1 Å². The van der Waals surface area contributed by atoms with Crippen molar-refractivity contribution in [1.82, 2.24) is 19.6 Å². The predicted molar refractivity (Wildman–Crippen MR) is 169 cm³/mol. The van der Waals surface area contributed by atoms with Gasteiger partial charge in [0.15, 0.2) is 11.9 Å². The summed E-state index contributed by atoms with van der Waals surface area (Å²) < 4.78 is 7.99. The minimum absolute atomic E-state index is 0.0860. The van der Waals surface area contributed by atoms with Gasteiger partial charge >= 0.3 is 11.9 Å². The lowest BCUT2D eigenvalue weighted by atomic mass is 9.95. The van der Waals surface area contributed by atoms with Crippen molar-refractivity contribution < 1.29 is 24.5 Å². The second-order valence-electron chi connectivity index (χ2n) is 11.2. The molecule has 0 bridgehead atoms. The van der Waals surface area contributed by atoms with E-state index in [1.807, 2.05) is 31.3 Å². The molecule has 0 amide bonds. The van der Waals surface area contributed by atoms with Crippen molar-refractivity contribution in [3.8, 4) is 11.8 Å². The number of phenols is 1. The molecule has 0 saturated carbocycles. The van der Waals surface area contributed by atoms with E-state index >= 15 is 0 Å². The number of aromatic nitrogens is 4. The number of azo groups is 1. The molecule has 3 N–H and O–H groups in total. The standard InChI is InChI=1S/C33H32N8O5/c1-20(32-37-27-19-36-31-24(11-15-35-31)30(27)41(32)40-16-12-21(10-14-34)13-17-40)46-29(43)9-6-22-4-2-3-5-26(22)39-38-23-7-8-28(42)25(18-23)33(44)45/h2-5,7-8,11,15,18-21,42H,6,9-10,12-13,16-17H2,1H3,(H,35,36)(H,44,45)/t20-/m1/s1. The van der Waals surface area contributed by atoms with Crippen molar-refractivity contribution >= 4 is 45.4 Å². The van der Waals surface area contributed by atoms with Gasteiger partial charge in [-0.2, -0.15) is 15.5 Å². The predicted octanol–water partition coefficient (Wildman–Crippen LogP) is 6.23. The third kappa shape index (κ3) is 6.23. The Kier molecular flexibility index (Phi) is 8.60. The average molecular weight is 621 g/mol. The van der Waals surface area contributed by atoms with E-state index in [2.05, 4.69) is 36.0 Å². The fourth-order valence-corrected chi connectivity index (χ4v) is 5.81. The smallest absolute Gasteiger partial charge is 0.339 e. The van der Waals surface area contributed by atoms with Crippen LogP contribution < -0.4 is 5.01 Å². The highest BCUT2D eigenvalue weighted by molar-refractivity contribution is 6.01. The molecule has 1 aliphatic heterocycles. The summed E-state index contributed by atoms with van der Waals surface area (Å²) in [5.74, 6) is -1.08. The van der Waals surface area contributed by atoms with Gasteiger partial charge in [0, 0.05) is 37.5 Å². The number of carbonyl (C=O) groups is 2. The van der Waals surface area contributed by atoms with Crippen LogP contribution in [0.1, 0.15) is 60.5 Å². The Hall–Kier alpha value is -5.77. The van der Waals surface area contributed by atoms with Gasteiger partial charge in [0.2, 0.25) is 0 Å². The molecule has 5 aromatic rings. The first kappa shape index (κ1) is 30.3. The van der Waals surface area contributed by atoms with E-state index in [-0.39, 0.29) is 23.4 Å². The van der Waals surface area contributed by atoms with E-state index in [0.717, 1.165) is 48.0 Å². The number of esters is 1. The summed E-state index contributed by atoms with van der Waals surface area (Å²) in [7, 11) is 0. The number of aromatic amines is 1. The number of H-pyrrole nitrogens is 1. The number of carbonyl (C=O) groups excluding carboxylic acids is 1. The van der Waals surface area contributed by atoms with Gasteiger partial charge in [-0.3, -0.25) is 4.79 Å². The Morgan fingerprint density at radius 3 is 2.76 bits per heavy atom. The van der Waals surface area contributed by atoms with Gasteiger partial charge in [0.05, 0.1) is 23.6 Å². The van der Waals surface area contributed by atoms with Gasteiger partial charge in [-0.25, -0.2) is 19.4 Å². The Bertz CT molecular complexity index is 1980. The molecule has 3 aromatic heterocycles. The third-order valence-electron chi connectivity index (χ3n) is 8.20. The molecule has 0 radical (unpaired) electrons. The topological polar surface area (TPSA) is 182 Å². The highest BCUT2D eigenvalue weighted by Gasteiger charge is 2.28. The van der Waals surface area contributed by atoms with Crippen LogP contribution in [0.3, 0.4) is 0 Å². The van der Waals surface area contributed by atoms with Crippen molar-refractivity contribution in [2.75, 3.05) is 18.1 Å². The van der Waals surface area contributed by atoms with E-state index in [1.54, 1.807) is 18.3 Å². The van der Waals surface area contributed by atoms with Crippen LogP contribution in [0.4, 0.5) is 11.4 Å². The molecular formula is C33H32N8O5. The Labute approximate surface area is 263 Å². The van der Waals surface area contributed by atoms with E-state index in [1.165, 1.54) is 18.2 Å². The maximum Gasteiger partial charge on any atom is 0.339 e. The Morgan fingerprint density at radius 2 is 1.98 bits per heavy atom. The first-order chi connectivity index (χ1) is 22.3. The number of fused-ring (bicyclic) bond motifs is 3. The molecule has 46 heavy (non-hydrogen) atoms. The summed E-state index contributed by atoms with van der Waals surface area (Å²) in [5, 5.41) is 39.7. The maximum absolute atomic E-state index is 13.2. The van der Waals surface area contributed by atoms with E-state index in [4.69, 9.17) is 9.72 Å². The summed E-state index contributed by atoms with van der Waals surface area (Å²) >= 11 is 0. The highest BCUT2D eigenvalue weighted by atomic mass is 16.5. The molecule has 4 heterocycles. The summed E-state index contributed by atoms with van der Waals surface area (Å²) in [6, 6.07) is 15.4. The lowest BCUT2D eigenvalue weighted by Crippen LogP contribution is -2.43. The zero-order valence-electron chi connectivity index (χ0n) is 25.1. The first-order valence-corrected chi connectivity index (χ1v) is 15.0. The summed E-state index contributed by atoms with van der Waals surface area (Å²) in [4.78, 5) is 37.0. The van der Waals surface area contributed by atoms with Gasteiger partial charge in [-0.1, -0.05) is 18.2 Å². The van der Waals surface area contributed by atoms with Crippen LogP contribution in [-0.4, -0.2) is 54.9 Å². The zero-order chi connectivity index (χ0) is 32.2. The molecule has 13 nitrogen and oxygen atoms in total. The third-order valence-corrected chi connectivity index (χ3v) is 8.20. The van der Waals surface area contributed by atoms with Crippen LogP contribution in [-0.2, 0) is 16.0 Å².